The van der Waals surface area contributed by atoms with Gasteiger partial charge in [-0.1, -0.05) is 25.6 Å². The van der Waals surface area contributed by atoms with Crippen LogP contribution in [-0.2, 0) is 9.59 Å². The minimum atomic E-state index is -0.535. The second-order valence-corrected chi connectivity index (χ2v) is 6.17. The number of imide groups is 1. The Hall–Kier alpha value is -3.33. The Morgan fingerprint density at radius 1 is 1.18 bits per heavy atom. The van der Waals surface area contributed by atoms with Crippen LogP contribution in [0.2, 0.25) is 0 Å². The van der Waals surface area contributed by atoms with Gasteiger partial charge in [-0.3, -0.25) is 14.5 Å². The SMILES string of the molecule is C=CCOc1ccc(/C=C2/C(=O)N(CCC)C(=O)C(C#N)=C2C)cc1OCC. The van der Waals surface area contributed by atoms with Gasteiger partial charge in [0.1, 0.15) is 18.2 Å². The van der Waals surface area contributed by atoms with Gasteiger partial charge in [-0.15, -0.1) is 0 Å². The first-order valence-corrected chi connectivity index (χ1v) is 9.18. The van der Waals surface area contributed by atoms with Crippen LogP contribution in [0.3, 0.4) is 0 Å². The zero-order valence-corrected chi connectivity index (χ0v) is 16.4. The van der Waals surface area contributed by atoms with Gasteiger partial charge in [-0.25, -0.2) is 0 Å². The average Bonchev–Trinajstić information content (AvgIpc) is 2.68. The van der Waals surface area contributed by atoms with Gasteiger partial charge >= 0.3 is 0 Å². The zero-order chi connectivity index (χ0) is 20.7. The van der Waals surface area contributed by atoms with Crippen LogP contribution >= 0.6 is 0 Å². The molecule has 0 saturated carbocycles. The summed E-state index contributed by atoms with van der Waals surface area (Å²) in [5.74, 6) is 0.192. The Labute approximate surface area is 165 Å². The average molecular weight is 380 g/mol. The molecule has 2 amide bonds. The summed E-state index contributed by atoms with van der Waals surface area (Å²) < 4.78 is 11.2. The quantitative estimate of drug-likeness (QED) is 0.391. The molecule has 1 aromatic carbocycles. The Balaban J connectivity index is 2.52. The van der Waals surface area contributed by atoms with Crippen LogP contribution in [0.1, 0.15) is 32.8 Å². The molecule has 28 heavy (non-hydrogen) atoms. The van der Waals surface area contributed by atoms with Gasteiger partial charge < -0.3 is 9.47 Å². The first-order valence-electron chi connectivity index (χ1n) is 9.18. The van der Waals surface area contributed by atoms with E-state index in [2.05, 4.69) is 6.58 Å². The van der Waals surface area contributed by atoms with Crippen LogP contribution in [0.4, 0.5) is 0 Å². The monoisotopic (exact) mass is 380 g/mol. The summed E-state index contributed by atoms with van der Waals surface area (Å²) in [5.41, 5.74) is 1.41. The third kappa shape index (κ3) is 4.32. The summed E-state index contributed by atoms with van der Waals surface area (Å²) in [4.78, 5) is 26.4. The minimum absolute atomic E-state index is 0.00438. The lowest BCUT2D eigenvalue weighted by molar-refractivity contribution is -0.140. The van der Waals surface area contributed by atoms with Crippen molar-refractivity contribution >= 4 is 17.9 Å². The summed E-state index contributed by atoms with van der Waals surface area (Å²) in [6.45, 7) is 10.1. The molecule has 1 aliphatic heterocycles. The van der Waals surface area contributed by atoms with E-state index in [9.17, 15) is 14.9 Å². The van der Waals surface area contributed by atoms with E-state index in [4.69, 9.17) is 9.47 Å². The van der Waals surface area contributed by atoms with Gasteiger partial charge in [0.2, 0.25) is 0 Å². The van der Waals surface area contributed by atoms with E-state index in [0.29, 0.717) is 47.8 Å². The van der Waals surface area contributed by atoms with E-state index >= 15 is 0 Å². The van der Waals surface area contributed by atoms with E-state index in [0.717, 1.165) is 4.90 Å². The van der Waals surface area contributed by atoms with Crippen molar-refractivity contribution in [3.8, 4) is 17.6 Å². The molecule has 0 saturated heterocycles. The highest BCUT2D eigenvalue weighted by Gasteiger charge is 2.34. The van der Waals surface area contributed by atoms with E-state index in [-0.39, 0.29) is 12.1 Å². The van der Waals surface area contributed by atoms with Gasteiger partial charge in [0.05, 0.1) is 6.61 Å². The molecule has 0 aliphatic carbocycles. The fourth-order valence-corrected chi connectivity index (χ4v) is 2.87. The van der Waals surface area contributed by atoms with Crippen molar-refractivity contribution in [2.75, 3.05) is 19.8 Å². The number of nitriles is 1. The molecule has 0 fully saturated rings. The molecule has 0 N–H and O–H groups in total. The van der Waals surface area contributed by atoms with Crippen molar-refractivity contribution in [2.24, 2.45) is 0 Å². The first-order chi connectivity index (χ1) is 13.5. The van der Waals surface area contributed by atoms with Gasteiger partial charge in [-0.2, -0.15) is 5.26 Å². The maximum atomic E-state index is 12.8. The second kappa shape index (κ2) is 9.56. The van der Waals surface area contributed by atoms with Crippen LogP contribution in [0.25, 0.3) is 6.08 Å². The van der Waals surface area contributed by atoms with Crippen LogP contribution in [-0.4, -0.2) is 36.5 Å². The molecule has 6 heteroatoms. The van der Waals surface area contributed by atoms with Crippen molar-refractivity contribution in [2.45, 2.75) is 27.2 Å². The van der Waals surface area contributed by atoms with E-state index < -0.39 is 11.8 Å². The lowest BCUT2D eigenvalue weighted by Crippen LogP contribution is -2.43. The molecule has 0 aromatic heterocycles. The molecule has 0 spiro atoms. The number of hydrogen-bond donors (Lipinski definition) is 0. The van der Waals surface area contributed by atoms with Crippen LogP contribution < -0.4 is 9.47 Å². The number of nitrogens with zero attached hydrogens (tertiary/aromatic N) is 2. The predicted molar refractivity (Wildman–Crippen MR) is 107 cm³/mol. The standard InChI is InChI=1S/C22H24N2O4/c1-5-10-24-21(25)17(15(4)18(14-23)22(24)26)12-16-8-9-19(28-11-6-2)20(13-16)27-7-3/h6,8-9,12-13H,2,5,7,10-11H2,1,3-4H3/b17-12+. The zero-order valence-electron chi connectivity index (χ0n) is 16.4. The molecule has 2 rings (SSSR count). The summed E-state index contributed by atoms with van der Waals surface area (Å²) >= 11 is 0. The van der Waals surface area contributed by atoms with E-state index in [1.807, 2.05) is 19.9 Å². The van der Waals surface area contributed by atoms with Gasteiger partial charge in [0.25, 0.3) is 11.8 Å². The molecule has 146 valence electrons. The number of hydrogen-bond acceptors (Lipinski definition) is 5. The first kappa shape index (κ1) is 21.0. The maximum absolute atomic E-state index is 12.8. The number of benzene rings is 1. The Bertz CT molecular complexity index is 890. The minimum Gasteiger partial charge on any atom is -0.490 e. The Morgan fingerprint density at radius 3 is 2.54 bits per heavy atom. The molecule has 0 bridgehead atoms. The van der Waals surface area contributed by atoms with Crippen LogP contribution in [0.5, 0.6) is 11.5 Å². The summed E-state index contributed by atoms with van der Waals surface area (Å²) in [5, 5.41) is 9.38. The largest absolute Gasteiger partial charge is 0.490 e. The Kier molecular flexibility index (Phi) is 7.16. The van der Waals surface area contributed by atoms with Crippen LogP contribution in [0.15, 0.2) is 47.6 Å². The molecular formula is C22H24N2O4. The van der Waals surface area contributed by atoms with E-state index in [1.54, 1.807) is 37.3 Å². The fraction of sp³-hybridized carbons (Fsp3) is 0.318. The molecule has 6 nitrogen and oxygen atoms in total. The number of ether oxygens (including phenoxy) is 2. The van der Waals surface area contributed by atoms with Gasteiger partial charge in [-0.05, 0) is 49.6 Å². The van der Waals surface area contributed by atoms with Gasteiger partial charge in [0.15, 0.2) is 11.5 Å². The van der Waals surface area contributed by atoms with E-state index in [1.165, 1.54) is 0 Å². The molecule has 1 aliphatic rings. The third-order valence-corrected chi connectivity index (χ3v) is 4.21. The normalized spacial score (nSPS) is 15.6. The highest BCUT2D eigenvalue weighted by atomic mass is 16.5. The lowest BCUT2D eigenvalue weighted by atomic mass is 9.93. The summed E-state index contributed by atoms with van der Waals surface area (Å²) in [6, 6.07) is 7.25. The summed E-state index contributed by atoms with van der Waals surface area (Å²) in [7, 11) is 0. The number of carbonyl (C=O) groups is 2. The maximum Gasteiger partial charge on any atom is 0.271 e. The molecule has 0 atom stereocenters. The Morgan fingerprint density at radius 2 is 1.93 bits per heavy atom. The molecule has 0 unspecified atom stereocenters. The lowest BCUT2D eigenvalue weighted by Gasteiger charge is -2.27. The highest BCUT2D eigenvalue weighted by molar-refractivity contribution is 6.19. The molecule has 0 radical (unpaired) electrons. The smallest absolute Gasteiger partial charge is 0.271 e. The predicted octanol–water partition coefficient (Wildman–Crippen LogP) is 3.65. The van der Waals surface area contributed by atoms with Crippen molar-refractivity contribution in [3.63, 3.8) is 0 Å². The molecular weight excluding hydrogens is 356 g/mol. The summed E-state index contributed by atoms with van der Waals surface area (Å²) in [6.07, 6.45) is 3.93. The number of amides is 2. The highest BCUT2D eigenvalue weighted by Crippen LogP contribution is 2.32. The number of rotatable bonds is 8. The van der Waals surface area contributed by atoms with Crippen molar-refractivity contribution in [3.05, 3.63) is 53.1 Å². The molecule has 1 heterocycles. The third-order valence-electron chi connectivity index (χ3n) is 4.21. The van der Waals surface area contributed by atoms with Crippen molar-refractivity contribution in [1.82, 2.24) is 4.90 Å². The van der Waals surface area contributed by atoms with Crippen molar-refractivity contribution < 1.29 is 19.1 Å². The molecule has 1 aromatic rings. The van der Waals surface area contributed by atoms with Crippen LogP contribution in [0, 0.1) is 11.3 Å². The fourth-order valence-electron chi connectivity index (χ4n) is 2.87. The second-order valence-electron chi connectivity index (χ2n) is 6.17. The number of carbonyl (C=O) groups excluding carboxylic acids is 2. The van der Waals surface area contributed by atoms with Gasteiger partial charge in [0, 0.05) is 12.1 Å². The topological polar surface area (TPSA) is 79.6 Å². The van der Waals surface area contributed by atoms with Crippen molar-refractivity contribution in [1.29, 1.82) is 5.26 Å².